The molecule has 0 radical (unpaired) electrons. The third kappa shape index (κ3) is 15.4. The maximum absolute atomic E-state index is 12.8. The predicted molar refractivity (Wildman–Crippen MR) is 252 cm³/mol. The summed E-state index contributed by atoms with van der Waals surface area (Å²) in [5.41, 5.74) is 6.81. The zero-order chi connectivity index (χ0) is 43.2. The highest BCUT2D eigenvalue weighted by molar-refractivity contribution is 5.89. The van der Waals surface area contributed by atoms with Gasteiger partial charge in [-0.3, -0.25) is 0 Å². The van der Waals surface area contributed by atoms with E-state index in [1.807, 2.05) is 78.9 Å². The van der Waals surface area contributed by atoms with Crippen molar-refractivity contribution in [3.05, 3.63) is 150 Å². The maximum Gasteiger partial charge on any atom is 0.319 e. The van der Waals surface area contributed by atoms with Crippen molar-refractivity contribution in [2.75, 3.05) is 25.0 Å². The highest BCUT2D eigenvalue weighted by Crippen LogP contribution is 2.39. The fourth-order valence-corrected chi connectivity index (χ4v) is 8.13. The molecule has 5 aromatic rings. The Bertz CT molecular complexity index is 1990. The van der Waals surface area contributed by atoms with Gasteiger partial charge in [0.25, 0.3) is 0 Å². The molecule has 0 spiro atoms. The van der Waals surface area contributed by atoms with Gasteiger partial charge in [-0.25, -0.2) is 4.79 Å². The van der Waals surface area contributed by atoms with Gasteiger partial charge in [-0.1, -0.05) is 163 Å². The van der Waals surface area contributed by atoms with E-state index in [9.17, 15) is 9.90 Å². The SMILES string of the molecule is CCCCCCCCN(CCCCCCCC)C[C@@H]1C[C@H](c2ccc(CO)cc2)O[C@H](c2ccc(-c3cccc(CNC(=O)Nc4ccc(Oc5ccccc5)cc4)c3)cc2)O1. The summed E-state index contributed by atoms with van der Waals surface area (Å²) >= 11 is 0. The Morgan fingerprint density at radius 3 is 1.94 bits per heavy atom. The zero-order valence-corrected chi connectivity index (χ0v) is 37.1. The smallest absolute Gasteiger partial charge is 0.319 e. The van der Waals surface area contributed by atoms with Crippen LogP contribution < -0.4 is 15.4 Å². The van der Waals surface area contributed by atoms with Crippen molar-refractivity contribution in [2.24, 2.45) is 0 Å². The van der Waals surface area contributed by atoms with E-state index in [1.165, 1.54) is 77.0 Å². The molecule has 2 amide bonds. The summed E-state index contributed by atoms with van der Waals surface area (Å²) in [6.45, 7) is 8.07. The molecule has 8 nitrogen and oxygen atoms in total. The lowest BCUT2D eigenvalue weighted by Gasteiger charge is -2.38. The average molecular weight is 840 g/mol. The summed E-state index contributed by atoms with van der Waals surface area (Å²) < 4.78 is 19.5. The van der Waals surface area contributed by atoms with Gasteiger partial charge < -0.3 is 34.9 Å². The average Bonchev–Trinajstić information content (AvgIpc) is 3.31. The van der Waals surface area contributed by atoms with Crippen LogP contribution in [0.3, 0.4) is 0 Å². The number of ether oxygens (including phenoxy) is 3. The van der Waals surface area contributed by atoms with E-state index in [0.717, 1.165) is 65.2 Å². The first kappa shape index (κ1) is 46.5. The number of aliphatic hydroxyl groups is 1. The van der Waals surface area contributed by atoms with Gasteiger partial charge in [0, 0.05) is 30.8 Å². The Hall–Kier alpha value is -4.99. The van der Waals surface area contributed by atoms with Crippen molar-refractivity contribution in [1.82, 2.24) is 10.2 Å². The first-order valence-electron chi connectivity index (χ1n) is 23.3. The van der Waals surface area contributed by atoms with Crippen molar-refractivity contribution in [2.45, 2.75) is 129 Å². The Morgan fingerprint density at radius 1 is 0.645 bits per heavy atom. The van der Waals surface area contributed by atoms with E-state index in [-0.39, 0.29) is 24.8 Å². The zero-order valence-electron chi connectivity index (χ0n) is 37.1. The minimum absolute atomic E-state index is 0.0190. The van der Waals surface area contributed by atoms with Gasteiger partial charge in [0.2, 0.25) is 0 Å². The van der Waals surface area contributed by atoms with Gasteiger partial charge in [-0.05, 0) is 96.2 Å². The fraction of sp³-hybridized carbons (Fsp3) is 0.426. The number of amides is 2. The Morgan fingerprint density at radius 2 is 1.27 bits per heavy atom. The molecule has 8 heteroatoms. The normalized spacial score (nSPS) is 16.3. The lowest BCUT2D eigenvalue weighted by atomic mass is 9.98. The number of rotatable bonds is 25. The molecule has 0 aromatic heterocycles. The molecule has 1 heterocycles. The monoisotopic (exact) mass is 840 g/mol. The number of carbonyl (C=O) groups excluding carboxylic acids is 1. The van der Waals surface area contributed by atoms with Gasteiger partial charge in [0.15, 0.2) is 6.29 Å². The van der Waals surface area contributed by atoms with Crippen molar-refractivity contribution < 1.29 is 24.1 Å². The van der Waals surface area contributed by atoms with Crippen LogP contribution in [0.4, 0.5) is 10.5 Å². The van der Waals surface area contributed by atoms with Crippen LogP contribution in [-0.4, -0.2) is 41.8 Å². The number of benzene rings is 5. The van der Waals surface area contributed by atoms with Crippen LogP contribution in [0.1, 0.15) is 132 Å². The fourth-order valence-electron chi connectivity index (χ4n) is 8.13. The molecule has 0 aliphatic carbocycles. The molecule has 3 N–H and O–H groups in total. The Balaban J connectivity index is 1.07. The van der Waals surface area contributed by atoms with Gasteiger partial charge >= 0.3 is 6.03 Å². The minimum Gasteiger partial charge on any atom is -0.457 e. The molecule has 6 rings (SSSR count). The molecule has 1 fully saturated rings. The molecule has 3 atom stereocenters. The summed E-state index contributed by atoms with van der Waals surface area (Å²) in [6, 6.07) is 41.6. The molecule has 0 unspecified atom stereocenters. The number of para-hydroxylation sites is 1. The second-order valence-corrected chi connectivity index (χ2v) is 16.8. The number of unbranched alkanes of at least 4 members (excludes halogenated alkanes) is 10. The van der Waals surface area contributed by atoms with Crippen LogP contribution in [0.15, 0.2) is 127 Å². The van der Waals surface area contributed by atoms with Gasteiger partial charge in [-0.2, -0.15) is 0 Å². The molecule has 62 heavy (non-hydrogen) atoms. The molecule has 0 bridgehead atoms. The first-order valence-corrected chi connectivity index (χ1v) is 23.3. The molecule has 0 saturated carbocycles. The van der Waals surface area contributed by atoms with Gasteiger partial charge in [0.05, 0.1) is 18.8 Å². The van der Waals surface area contributed by atoms with Crippen molar-refractivity contribution >= 4 is 11.7 Å². The topological polar surface area (TPSA) is 92.3 Å². The molecule has 1 saturated heterocycles. The van der Waals surface area contributed by atoms with Crippen LogP contribution in [-0.2, 0) is 22.6 Å². The quantitative estimate of drug-likeness (QED) is 0.0507. The number of hydrogen-bond acceptors (Lipinski definition) is 6. The summed E-state index contributed by atoms with van der Waals surface area (Å²) in [5, 5.41) is 15.6. The van der Waals surface area contributed by atoms with Crippen LogP contribution in [0.2, 0.25) is 0 Å². The number of hydrogen-bond donors (Lipinski definition) is 3. The molecule has 5 aromatic carbocycles. The Kier molecular flexibility index (Phi) is 19.4. The molecular weight excluding hydrogens is 771 g/mol. The van der Waals surface area contributed by atoms with E-state index >= 15 is 0 Å². The summed E-state index contributed by atoms with van der Waals surface area (Å²) in [6.07, 6.45) is 15.7. The standard InChI is InChI=1S/C54H69N3O5/c1-3-5-7-9-11-16-35-57(36-17-12-10-8-6-4-2)40-51-38-52(45-25-23-42(41-58)24-26-45)62-53(61-51)46-29-27-44(28-30-46)47-20-18-19-43(37-47)39-55-54(59)56-48-31-33-50(34-32-48)60-49-21-14-13-15-22-49/h13-15,18-34,37,51-53,58H,3-12,16-17,35-36,38-41H2,1-2H3,(H2,55,56,59)/t51-,52+,53+/m0/s1. The van der Waals surface area contributed by atoms with Gasteiger partial charge in [-0.15, -0.1) is 0 Å². The van der Waals surface area contributed by atoms with E-state index in [1.54, 1.807) is 0 Å². The second kappa shape index (κ2) is 25.8. The van der Waals surface area contributed by atoms with Crippen LogP contribution >= 0.6 is 0 Å². The lowest BCUT2D eigenvalue weighted by Crippen LogP contribution is -2.40. The van der Waals surface area contributed by atoms with Crippen molar-refractivity contribution in [3.8, 4) is 22.6 Å². The third-order valence-corrected chi connectivity index (χ3v) is 11.7. The van der Waals surface area contributed by atoms with Crippen LogP contribution in [0, 0.1) is 0 Å². The Labute approximate surface area is 371 Å². The largest absolute Gasteiger partial charge is 0.457 e. The van der Waals surface area contributed by atoms with Gasteiger partial charge in [0.1, 0.15) is 11.5 Å². The number of aliphatic hydroxyl groups excluding tert-OH is 1. The van der Waals surface area contributed by atoms with Crippen LogP contribution in [0.5, 0.6) is 11.5 Å². The lowest BCUT2D eigenvalue weighted by molar-refractivity contribution is -0.253. The summed E-state index contributed by atoms with van der Waals surface area (Å²) in [5.74, 6) is 1.46. The first-order chi connectivity index (χ1) is 30.5. The molecular formula is C54H69N3O5. The highest BCUT2D eigenvalue weighted by Gasteiger charge is 2.33. The molecule has 1 aliphatic rings. The van der Waals surface area contributed by atoms with E-state index in [4.69, 9.17) is 14.2 Å². The number of nitrogens with one attached hydrogen (secondary N) is 2. The summed E-state index contributed by atoms with van der Waals surface area (Å²) in [7, 11) is 0. The summed E-state index contributed by atoms with van der Waals surface area (Å²) in [4.78, 5) is 15.5. The number of anilines is 1. The third-order valence-electron chi connectivity index (χ3n) is 11.7. The minimum atomic E-state index is -0.503. The highest BCUT2D eigenvalue weighted by atomic mass is 16.7. The molecule has 1 aliphatic heterocycles. The van der Waals surface area contributed by atoms with E-state index in [2.05, 4.69) is 77.9 Å². The maximum atomic E-state index is 12.8. The van der Waals surface area contributed by atoms with Crippen molar-refractivity contribution in [3.63, 3.8) is 0 Å². The molecule has 330 valence electrons. The second-order valence-electron chi connectivity index (χ2n) is 16.8. The van der Waals surface area contributed by atoms with Crippen LogP contribution in [0.25, 0.3) is 11.1 Å². The number of carbonyl (C=O) groups is 1. The number of urea groups is 1. The number of nitrogens with zero attached hydrogens (tertiary/aromatic N) is 1. The van der Waals surface area contributed by atoms with Crippen molar-refractivity contribution in [1.29, 1.82) is 0 Å². The predicted octanol–water partition coefficient (Wildman–Crippen LogP) is 13.5. The van der Waals surface area contributed by atoms with E-state index in [0.29, 0.717) is 18.0 Å². The van der Waals surface area contributed by atoms with E-state index < -0.39 is 6.29 Å².